The van der Waals surface area contributed by atoms with Crippen LogP contribution in [0.4, 0.5) is 0 Å². The summed E-state index contributed by atoms with van der Waals surface area (Å²) < 4.78 is 4.87. The molecule has 288 valence electrons. The Kier molecular flexibility index (Phi) is 7.57. The van der Waals surface area contributed by atoms with Gasteiger partial charge in [0.2, 0.25) is 0 Å². The van der Waals surface area contributed by atoms with Gasteiger partial charge in [0.25, 0.3) is 0 Å². The van der Waals surface area contributed by atoms with Gasteiger partial charge in [0, 0.05) is 54.8 Å². The van der Waals surface area contributed by atoms with Gasteiger partial charge in [0.15, 0.2) is 5.82 Å². The van der Waals surface area contributed by atoms with E-state index >= 15 is 0 Å². The second-order valence-corrected chi connectivity index (χ2v) is 16.2. The van der Waals surface area contributed by atoms with E-state index in [1.54, 1.807) is 0 Å². The summed E-state index contributed by atoms with van der Waals surface area (Å²) in [6, 6.07) is 78.6. The van der Waals surface area contributed by atoms with Crippen molar-refractivity contribution in [3.63, 3.8) is 0 Å². The van der Waals surface area contributed by atoms with E-state index in [4.69, 9.17) is 9.97 Å². The van der Waals surface area contributed by atoms with Gasteiger partial charge in [-0.25, -0.2) is 9.97 Å². The van der Waals surface area contributed by atoms with Crippen LogP contribution in [0, 0.1) is 0 Å². The molecular formula is C58H36N4. The largest absolute Gasteiger partial charge is 0.309 e. The van der Waals surface area contributed by atoms with E-state index in [0.29, 0.717) is 5.82 Å². The molecular weight excluding hydrogens is 753 g/mol. The number of hydrogen-bond donors (Lipinski definition) is 0. The van der Waals surface area contributed by atoms with Crippen molar-refractivity contribution in [1.29, 1.82) is 0 Å². The molecule has 3 aromatic heterocycles. The van der Waals surface area contributed by atoms with Crippen molar-refractivity contribution in [2.75, 3.05) is 0 Å². The van der Waals surface area contributed by atoms with E-state index in [-0.39, 0.29) is 0 Å². The molecule has 10 aromatic carbocycles. The van der Waals surface area contributed by atoms with E-state index in [9.17, 15) is 0 Å². The second kappa shape index (κ2) is 13.6. The van der Waals surface area contributed by atoms with Gasteiger partial charge in [-0.1, -0.05) is 164 Å². The van der Waals surface area contributed by atoms with Gasteiger partial charge in [-0.2, -0.15) is 0 Å². The molecule has 4 heteroatoms. The van der Waals surface area contributed by atoms with E-state index < -0.39 is 0 Å². The average Bonchev–Trinajstić information content (AvgIpc) is 3.85. The Hall–Kier alpha value is -8.34. The minimum atomic E-state index is 0.694. The predicted molar refractivity (Wildman–Crippen MR) is 260 cm³/mol. The van der Waals surface area contributed by atoms with E-state index in [1.165, 1.54) is 65.3 Å². The fraction of sp³-hybridized carbons (Fsp3) is 0. The number of benzene rings is 10. The summed E-state index contributed by atoms with van der Waals surface area (Å²) in [4.78, 5) is 10.5. The molecule has 0 aliphatic heterocycles. The first-order valence-corrected chi connectivity index (χ1v) is 21.2. The molecule has 0 saturated heterocycles. The molecule has 0 unspecified atom stereocenters. The van der Waals surface area contributed by atoms with Crippen LogP contribution >= 0.6 is 0 Å². The van der Waals surface area contributed by atoms with Crippen LogP contribution in [-0.2, 0) is 0 Å². The van der Waals surface area contributed by atoms with Gasteiger partial charge in [-0.3, -0.25) is 0 Å². The van der Waals surface area contributed by atoms with Gasteiger partial charge in [-0.15, -0.1) is 0 Å². The maximum Gasteiger partial charge on any atom is 0.160 e. The average molecular weight is 789 g/mol. The molecule has 13 aromatic rings. The molecule has 0 aliphatic rings. The third-order valence-corrected chi connectivity index (χ3v) is 12.7. The lowest BCUT2D eigenvalue weighted by atomic mass is 10.0. The Morgan fingerprint density at radius 2 is 0.919 bits per heavy atom. The fourth-order valence-corrected chi connectivity index (χ4v) is 9.77. The monoisotopic (exact) mass is 788 g/mol. The van der Waals surface area contributed by atoms with Gasteiger partial charge in [0.1, 0.15) is 0 Å². The normalized spacial score (nSPS) is 11.9. The number of hydrogen-bond acceptors (Lipinski definition) is 2. The van der Waals surface area contributed by atoms with Gasteiger partial charge in [-0.05, 0) is 81.9 Å². The summed E-state index contributed by atoms with van der Waals surface area (Å²) in [5.41, 5.74) is 13.1. The number of rotatable bonds is 5. The molecule has 0 N–H and O–H groups in total. The lowest BCUT2D eigenvalue weighted by molar-refractivity contribution is 1.16. The van der Waals surface area contributed by atoms with Crippen molar-refractivity contribution < 1.29 is 0 Å². The van der Waals surface area contributed by atoms with Crippen LogP contribution in [0.2, 0.25) is 0 Å². The second-order valence-electron chi connectivity index (χ2n) is 16.2. The van der Waals surface area contributed by atoms with Crippen LogP contribution in [0.25, 0.3) is 121 Å². The molecule has 62 heavy (non-hydrogen) atoms. The highest BCUT2D eigenvalue weighted by Crippen LogP contribution is 2.41. The summed E-state index contributed by atoms with van der Waals surface area (Å²) in [6.45, 7) is 0. The smallest absolute Gasteiger partial charge is 0.160 e. The highest BCUT2D eigenvalue weighted by molar-refractivity contribution is 6.19. The van der Waals surface area contributed by atoms with Gasteiger partial charge in [0.05, 0.1) is 33.3 Å². The van der Waals surface area contributed by atoms with Crippen molar-refractivity contribution in [2.24, 2.45) is 0 Å². The van der Waals surface area contributed by atoms with Crippen molar-refractivity contribution in [3.05, 3.63) is 218 Å². The maximum atomic E-state index is 5.32. The standard InChI is InChI=1S/C58H36N4/c1-2-13-37(14-3-1)38-25-27-40(28-26-38)56-49-22-8-10-23-52(49)59-58(60-56)43-18-12-19-44(33-43)61-54-32-30-45(36-51(54)50-34-41-16-4-5-17-42(41)35-55(50)61)62-53-24-11-9-21-47(53)48-31-29-39-15-6-7-20-46(39)57(48)62/h1-36H. The zero-order chi connectivity index (χ0) is 40.7. The Labute approximate surface area is 357 Å². The molecule has 0 aliphatic carbocycles. The van der Waals surface area contributed by atoms with Crippen LogP contribution in [0.5, 0.6) is 0 Å². The first-order chi connectivity index (χ1) is 30.7. The van der Waals surface area contributed by atoms with Gasteiger partial charge < -0.3 is 9.13 Å². The maximum absolute atomic E-state index is 5.32. The first-order valence-electron chi connectivity index (χ1n) is 21.2. The molecule has 13 rings (SSSR count). The lowest BCUT2D eigenvalue weighted by Crippen LogP contribution is -1.98. The topological polar surface area (TPSA) is 35.6 Å². The molecule has 0 spiro atoms. The molecule has 3 heterocycles. The molecule has 0 saturated carbocycles. The Morgan fingerprint density at radius 3 is 1.77 bits per heavy atom. The van der Waals surface area contributed by atoms with Crippen LogP contribution in [0.3, 0.4) is 0 Å². The summed E-state index contributed by atoms with van der Waals surface area (Å²) >= 11 is 0. The number of fused-ring (bicyclic) bond motifs is 10. The van der Waals surface area contributed by atoms with Crippen LogP contribution in [-0.4, -0.2) is 19.1 Å². The van der Waals surface area contributed by atoms with E-state index in [2.05, 4.69) is 228 Å². The molecule has 0 bridgehead atoms. The highest BCUT2D eigenvalue weighted by Gasteiger charge is 2.20. The Morgan fingerprint density at radius 1 is 0.290 bits per heavy atom. The van der Waals surface area contributed by atoms with E-state index in [0.717, 1.165) is 50.1 Å². The zero-order valence-corrected chi connectivity index (χ0v) is 33.6. The summed E-state index contributed by atoms with van der Waals surface area (Å²) in [7, 11) is 0. The fourth-order valence-electron chi connectivity index (χ4n) is 9.77. The van der Waals surface area contributed by atoms with Crippen molar-refractivity contribution in [1.82, 2.24) is 19.1 Å². The summed E-state index contributed by atoms with van der Waals surface area (Å²) in [6.07, 6.45) is 0. The number of para-hydroxylation sites is 2. The van der Waals surface area contributed by atoms with Gasteiger partial charge >= 0.3 is 0 Å². The molecule has 0 amide bonds. The number of nitrogens with zero attached hydrogens (tertiary/aromatic N) is 4. The third kappa shape index (κ3) is 5.33. The SMILES string of the molecule is c1ccc(-c2ccc(-c3nc(-c4cccc(-n5c6ccc(-n7c8ccccc8c8ccc9ccccc9c87)cc6c6cc7ccccc7cc65)c4)nc4ccccc34)cc2)cc1. The lowest BCUT2D eigenvalue weighted by Gasteiger charge is -2.13. The van der Waals surface area contributed by atoms with Crippen LogP contribution < -0.4 is 0 Å². The van der Waals surface area contributed by atoms with Crippen molar-refractivity contribution in [2.45, 2.75) is 0 Å². The number of aromatic nitrogens is 4. The molecule has 0 atom stereocenters. The summed E-state index contributed by atoms with van der Waals surface area (Å²) in [5, 5.41) is 10.8. The quantitative estimate of drug-likeness (QED) is 0.174. The predicted octanol–water partition coefficient (Wildman–Crippen LogP) is 15.1. The summed E-state index contributed by atoms with van der Waals surface area (Å²) in [5.74, 6) is 0.694. The van der Waals surface area contributed by atoms with Crippen LogP contribution in [0.1, 0.15) is 0 Å². The molecule has 4 nitrogen and oxygen atoms in total. The molecule has 0 radical (unpaired) electrons. The minimum absolute atomic E-state index is 0.694. The Balaban J connectivity index is 1.01. The first kappa shape index (κ1) is 34.5. The minimum Gasteiger partial charge on any atom is -0.309 e. The highest BCUT2D eigenvalue weighted by atomic mass is 15.0. The van der Waals surface area contributed by atoms with Crippen molar-refractivity contribution >= 4 is 76.1 Å². The molecule has 0 fully saturated rings. The third-order valence-electron chi connectivity index (χ3n) is 12.7. The Bertz CT molecular complexity index is 3910. The van der Waals surface area contributed by atoms with E-state index in [1.807, 2.05) is 0 Å². The van der Waals surface area contributed by atoms with Crippen LogP contribution in [0.15, 0.2) is 218 Å². The zero-order valence-electron chi connectivity index (χ0n) is 33.6. The van der Waals surface area contributed by atoms with Crippen molar-refractivity contribution in [3.8, 4) is 45.1 Å².